The highest BCUT2D eigenvalue weighted by atomic mass is 32.2. The Labute approximate surface area is 119 Å². The number of hydrogen-bond donors (Lipinski definition) is 4. The molecular formula is C11H12O9S. The number of rotatable bonds is 6. The second-order valence-corrected chi connectivity index (χ2v) is 5.23. The van der Waals surface area contributed by atoms with Gasteiger partial charge in [0.25, 0.3) is 10.1 Å². The molecule has 0 aliphatic heterocycles. The van der Waals surface area contributed by atoms with E-state index in [9.17, 15) is 18.0 Å². The molecule has 0 unspecified atom stereocenters. The minimum atomic E-state index is -4.98. The highest BCUT2D eigenvalue weighted by Gasteiger charge is 2.28. The van der Waals surface area contributed by atoms with Crippen LogP contribution in [-0.4, -0.2) is 53.1 Å². The van der Waals surface area contributed by atoms with Crippen molar-refractivity contribution >= 4 is 22.1 Å². The molecule has 0 radical (unpaired) electrons. The van der Waals surface area contributed by atoms with Crippen molar-refractivity contribution in [2.75, 3.05) is 6.61 Å². The van der Waals surface area contributed by atoms with Gasteiger partial charge in [0.1, 0.15) is 4.90 Å². The van der Waals surface area contributed by atoms with E-state index in [1.165, 1.54) is 0 Å². The first-order chi connectivity index (χ1) is 9.64. The SMILES string of the molecule is O=C(O)c1cccc(C(=O)OCCC(O)O)c1S(=O)(=O)O. The zero-order chi connectivity index (χ0) is 16.2. The fraction of sp³-hybridized carbons (Fsp3) is 0.273. The second-order valence-electron chi connectivity index (χ2n) is 3.87. The van der Waals surface area contributed by atoms with E-state index < -0.39 is 51.0 Å². The first-order valence-electron chi connectivity index (χ1n) is 5.51. The van der Waals surface area contributed by atoms with Crippen LogP contribution in [0.15, 0.2) is 23.1 Å². The van der Waals surface area contributed by atoms with Crippen LogP contribution in [0.25, 0.3) is 0 Å². The summed E-state index contributed by atoms with van der Waals surface area (Å²) in [6, 6.07) is 2.97. The number of esters is 1. The summed E-state index contributed by atoms with van der Waals surface area (Å²) >= 11 is 0. The van der Waals surface area contributed by atoms with E-state index in [-0.39, 0.29) is 6.42 Å². The molecular weight excluding hydrogens is 308 g/mol. The average molecular weight is 320 g/mol. The molecule has 0 heterocycles. The number of ether oxygens (including phenoxy) is 1. The van der Waals surface area contributed by atoms with Crippen LogP contribution in [0.2, 0.25) is 0 Å². The van der Waals surface area contributed by atoms with Crippen molar-refractivity contribution in [2.45, 2.75) is 17.6 Å². The maximum Gasteiger partial charge on any atom is 0.339 e. The topological polar surface area (TPSA) is 158 Å². The van der Waals surface area contributed by atoms with E-state index in [1.54, 1.807) is 0 Å². The lowest BCUT2D eigenvalue weighted by Gasteiger charge is -2.10. The van der Waals surface area contributed by atoms with E-state index in [0.717, 1.165) is 18.2 Å². The molecule has 0 aliphatic carbocycles. The molecule has 0 saturated carbocycles. The fourth-order valence-electron chi connectivity index (χ4n) is 1.48. The largest absolute Gasteiger partial charge is 0.478 e. The quantitative estimate of drug-likeness (QED) is 0.307. The third kappa shape index (κ3) is 4.49. The van der Waals surface area contributed by atoms with Crippen LogP contribution in [0, 0.1) is 0 Å². The summed E-state index contributed by atoms with van der Waals surface area (Å²) in [6.07, 6.45) is -2.03. The van der Waals surface area contributed by atoms with Gasteiger partial charge in [0.2, 0.25) is 0 Å². The molecule has 0 bridgehead atoms. The summed E-state index contributed by atoms with van der Waals surface area (Å²) in [5, 5.41) is 26.1. The first kappa shape index (κ1) is 17.0. The number of carboxylic acid groups (broad SMARTS) is 1. The van der Waals surface area contributed by atoms with Gasteiger partial charge in [0.05, 0.1) is 17.7 Å². The van der Waals surface area contributed by atoms with Gasteiger partial charge in [-0.05, 0) is 12.1 Å². The molecule has 4 N–H and O–H groups in total. The Morgan fingerprint density at radius 2 is 1.76 bits per heavy atom. The summed E-state index contributed by atoms with van der Waals surface area (Å²) < 4.78 is 36.2. The van der Waals surface area contributed by atoms with Crippen molar-refractivity contribution in [3.05, 3.63) is 29.3 Å². The van der Waals surface area contributed by atoms with Crippen LogP contribution in [-0.2, 0) is 14.9 Å². The number of aliphatic hydroxyl groups excluding tert-OH is 1. The maximum absolute atomic E-state index is 11.7. The molecule has 21 heavy (non-hydrogen) atoms. The summed E-state index contributed by atoms with van der Waals surface area (Å²) in [5.41, 5.74) is -1.45. The van der Waals surface area contributed by atoms with Crippen LogP contribution in [0.5, 0.6) is 0 Å². The standard InChI is InChI=1S/C11H12O9S/c12-8(13)4-5-20-11(16)7-3-1-2-6(10(14)15)9(7)21(17,18)19/h1-3,8,12-13H,4-5H2,(H,14,15)(H,17,18,19). The van der Waals surface area contributed by atoms with Crippen molar-refractivity contribution in [1.82, 2.24) is 0 Å². The number of benzene rings is 1. The van der Waals surface area contributed by atoms with E-state index in [1.807, 2.05) is 0 Å². The molecule has 0 aromatic heterocycles. The summed E-state index contributed by atoms with van der Waals surface area (Å²) in [6.45, 7) is -0.432. The molecule has 0 aliphatic rings. The average Bonchev–Trinajstić information content (AvgIpc) is 2.36. The smallest absolute Gasteiger partial charge is 0.339 e. The summed E-state index contributed by atoms with van der Waals surface area (Å²) in [4.78, 5) is 21.6. The van der Waals surface area contributed by atoms with Gasteiger partial charge < -0.3 is 20.1 Å². The molecule has 0 spiro atoms. The molecule has 1 aromatic carbocycles. The Kier molecular flexibility index (Phi) is 5.38. The number of carboxylic acids is 1. The predicted molar refractivity (Wildman–Crippen MR) is 66.3 cm³/mol. The van der Waals surface area contributed by atoms with Gasteiger partial charge in [0, 0.05) is 6.42 Å². The molecule has 0 atom stereocenters. The third-order valence-electron chi connectivity index (χ3n) is 2.33. The van der Waals surface area contributed by atoms with Crippen molar-refractivity contribution in [2.24, 2.45) is 0 Å². The molecule has 0 saturated heterocycles. The molecule has 0 fully saturated rings. The molecule has 9 nitrogen and oxygen atoms in total. The van der Waals surface area contributed by atoms with Gasteiger partial charge in [-0.2, -0.15) is 8.42 Å². The zero-order valence-electron chi connectivity index (χ0n) is 10.5. The van der Waals surface area contributed by atoms with Gasteiger partial charge in [0.15, 0.2) is 6.29 Å². The molecule has 116 valence electrons. The van der Waals surface area contributed by atoms with E-state index in [0.29, 0.717) is 0 Å². The van der Waals surface area contributed by atoms with Gasteiger partial charge in [-0.1, -0.05) is 6.07 Å². The van der Waals surface area contributed by atoms with Crippen LogP contribution >= 0.6 is 0 Å². The fourth-order valence-corrected chi connectivity index (χ4v) is 2.34. The lowest BCUT2D eigenvalue weighted by molar-refractivity contribution is -0.0563. The van der Waals surface area contributed by atoms with E-state index in [4.69, 9.17) is 19.9 Å². The van der Waals surface area contributed by atoms with E-state index >= 15 is 0 Å². The predicted octanol–water partition coefficient (Wildman–Crippen LogP) is -0.511. The van der Waals surface area contributed by atoms with Crippen molar-refractivity contribution in [1.29, 1.82) is 0 Å². The minimum Gasteiger partial charge on any atom is -0.478 e. The van der Waals surface area contributed by atoms with E-state index in [2.05, 4.69) is 4.74 Å². The molecule has 1 aromatic rings. The maximum atomic E-state index is 11.7. The van der Waals surface area contributed by atoms with Crippen LogP contribution in [0.1, 0.15) is 27.1 Å². The monoisotopic (exact) mass is 320 g/mol. The molecule has 0 amide bonds. The van der Waals surface area contributed by atoms with Gasteiger partial charge >= 0.3 is 11.9 Å². The normalized spacial score (nSPS) is 11.4. The number of carbonyl (C=O) groups is 2. The highest BCUT2D eigenvalue weighted by molar-refractivity contribution is 7.86. The Morgan fingerprint density at radius 1 is 1.19 bits per heavy atom. The summed E-state index contributed by atoms with van der Waals surface area (Å²) in [7, 11) is -4.98. The number of aliphatic hydroxyl groups is 2. The van der Waals surface area contributed by atoms with Crippen LogP contribution in [0.3, 0.4) is 0 Å². The lowest BCUT2D eigenvalue weighted by Crippen LogP contribution is -2.18. The van der Waals surface area contributed by atoms with Crippen LogP contribution in [0.4, 0.5) is 0 Å². The zero-order valence-corrected chi connectivity index (χ0v) is 11.3. The Balaban J connectivity index is 3.21. The van der Waals surface area contributed by atoms with Crippen molar-refractivity contribution in [3.63, 3.8) is 0 Å². The minimum absolute atomic E-state index is 0.314. The Hall–Kier alpha value is -2.01. The van der Waals surface area contributed by atoms with Crippen LogP contribution < -0.4 is 0 Å². The molecule has 1 rings (SSSR count). The Morgan fingerprint density at radius 3 is 2.24 bits per heavy atom. The number of aromatic carboxylic acids is 1. The first-order valence-corrected chi connectivity index (χ1v) is 6.95. The van der Waals surface area contributed by atoms with Crippen molar-refractivity contribution in [3.8, 4) is 0 Å². The number of hydrogen-bond acceptors (Lipinski definition) is 7. The van der Waals surface area contributed by atoms with Crippen molar-refractivity contribution < 1.29 is 42.6 Å². The highest BCUT2D eigenvalue weighted by Crippen LogP contribution is 2.22. The number of carbonyl (C=O) groups excluding carboxylic acids is 1. The second kappa shape index (κ2) is 6.63. The van der Waals surface area contributed by atoms with Gasteiger partial charge in [-0.15, -0.1) is 0 Å². The third-order valence-corrected chi connectivity index (χ3v) is 3.29. The van der Waals surface area contributed by atoms with Gasteiger partial charge in [-0.3, -0.25) is 4.55 Å². The van der Waals surface area contributed by atoms with Gasteiger partial charge in [-0.25, -0.2) is 9.59 Å². The molecule has 10 heteroatoms. The Bertz CT molecular complexity index is 648. The summed E-state index contributed by atoms with van der Waals surface area (Å²) in [5.74, 6) is -2.87. The lowest BCUT2D eigenvalue weighted by atomic mass is 10.1.